The minimum atomic E-state index is -4.46. The minimum absolute atomic E-state index is 0. The molecular formula is C15H11F3NNaO2. The van der Waals surface area contributed by atoms with Crippen molar-refractivity contribution in [3.63, 3.8) is 0 Å². The molecule has 2 aromatic rings. The summed E-state index contributed by atoms with van der Waals surface area (Å²) < 4.78 is 37.9. The Hall–Kier alpha value is -1.50. The number of nitrogens with one attached hydrogen (secondary N) is 1. The van der Waals surface area contributed by atoms with Gasteiger partial charge in [-0.25, -0.2) is 0 Å². The molecule has 0 aliphatic rings. The third-order valence-electron chi connectivity index (χ3n) is 2.86. The molecule has 0 saturated carbocycles. The predicted octanol–water partition coefficient (Wildman–Crippen LogP) is 0.125. The monoisotopic (exact) mass is 317 g/mol. The van der Waals surface area contributed by atoms with E-state index in [0.29, 0.717) is 5.56 Å². The SMILES string of the molecule is Cc1ccc(Nc2cccc(C(F)(F)F)c2)c(C(=O)[O-])c1.[Na+]. The van der Waals surface area contributed by atoms with E-state index in [0.717, 1.165) is 12.1 Å². The number of rotatable bonds is 3. The van der Waals surface area contributed by atoms with Crippen LogP contribution in [-0.4, -0.2) is 5.97 Å². The molecule has 1 N–H and O–H groups in total. The summed E-state index contributed by atoms with van der Waals surface area (Å²) in [5.74, 6) is -1.40. The van der Waals surface area contributed by atoms with Gasteiger partial charge in [0.1, 0.15) is 0 Å². The topological polar surface area (TPSA) is 52.2 Å². The van der Waals surface area contributed by atoms with Gasteiger partial charge in [0.05, 0.1) is 11.5 Å². The first-order chi connectivity index (χ1) is 9.77. The van der Waals surface area contributed by atoms with Gasteiger partial charge in [-0.2, -0.15) is 13.2 Å². The van der Waals surface area contributed by atoms with E-state index in [-0.39, 0.29) is 46.5 Å². The van der Waals surface area contributed by atoms with Crippen molar-refractivity contribution >= 4 is 17.3 Å². The number of carbonyl (C=O) groups excluding carboxylic acids is 1. The van der Waals surface area contributed by atoms with Crippen LogP contribution in [-0.2, 0) is 6.18 Å². The molecule has 7 heteroatoms. The van der Waals surface area contributed by atoms with Crippen LogP contribution >= 0.6 is 0 Å². The Morgan fingerprint density at radius 2 is 1.82 bits per heavy atom. The molecular weight excluding hydrogens is 306 g/mol. The Bertz CT molecular complexity index is 687. The number of aromatic carboxylic acids is 1. The van der Waals surface area contributed by atoms with Gasteiger partial charge in [-0.05, 0) is 37.3 Å². The molecule has 0 radical (unpaired) electrons. The van der Waals surface area contributed by atoms with Gasteiger partial charge < -0.3 is 15.2 Å². The number of carboxylic acids is 1. The second-order valence-corrected chi connectivity index (χ2v) is 4.54. The molecule has 0 unspecified atom stereocenters. The van der Waals surface area contributed by atoms with E-state index in [4.69, 9.17) is 0 Å². The van der Waals surface area contributed by atoms with Crippen LogP contribution in [0.1, 0.15) is 21.5 Å². The van der Waals surface area contributed by atoms with Crippen molar-refractivity contribution in [2.45, 2.75) is 13.1 Å². The average molecular weight is 317 g/mol. The molecule has 2 aromatic carbocycles. The van der Waals surface area contributed by atoms with Crippen LogP contribution in [0.3, 0.4) is 0 Å². The third kappa shape index (κ3) is 4.50. The molecule has 0 spiro atoms. The molecule has 2 rings (SSSR count). The van der Waals surface area contributed by atoms with E-state index in [1.807, 2.05) is 0 Å². The maximum atomic E-state index is 12.6. The van der Waals surface area contributed by atoms with Gasteiger partial charge in [-0.15, -0.1) is 0 Å². The second kappa shape index (κ2) is 7.17. The van der Waals surface area contributed by atoms with E-state index < -0.39 is 17.7 Å². The summed E-state index contributed by atoms with van der Waals surface area (Å²) in [6.45, 7) is 1.71. The molecule has 0 amide bonds. The van der Waals surface area contributed by atoms with Crippen molar-refractivity contribution < 1.29 is 52.6 Å². The Labute approximate surface area is 147 Å². The summed E-state index contributed by atoms with van der Waals surface area (Å²) >= 11 is 0. The van der Waals surface area contributed by atoms with E-state index in [9.17, 15) is 23.1 Å². The number of aryl methyl sites for hydroxylation is 1. The summed E-state index contributed by atoms with van der Waals surface area (Å²) in [7, 11) is 0. The molecule has 0 bridgehead atoms. The number of benzene rings is 2. The van der Waals surface area contributed by atoms with E-state index >= 15 is 0 Å². The van der Waals surface area contributed by atoms with Crippen molar-refractivity contribution in [2.24, 2.45) is 0 Å². The van der Waals surface area contributed by atoms with Gasteiger partial charge in [-0.1, -0.05) is 17.7 Å². The molecule has 0 aliphatic heterocycles. The predicted molar refractivity (Wildman–Crippen MR) is 70.2 cm³/mol. The number of hydrogen-bond donors (Lipinski definition) is 1. The normalized spacial score (nSPS) is 10.7. The maximum absolute atomic E-state index is 12.6. The second-order valence-electron chi connectivity index (χ2n) is 4.54. The fourth-order valence-corrected chi connectivity index (χ4v) is 1.86. The Balaban J connectivity index is 0.00000242. The molecule has 0 aromatic heterocycles. The Morgan fingerprint density at radius 1 is 1.14 bits per heavy atom. The summed E-state index contributed by atoms with van der Waals surface area (Å²) in [6, 6.07) is 9.07. The number of carbonyl (C=O) groups is 1. The first kappa shape index (κ1) is 18.5. The van der Waals surface area contributed by atoms with E-state index in [2.05, 4.69) is 5.32 Å². The van der Waals surface area contributed by atoms with Crippen molar-refractivity contribution in [2.75, 3.05) is 5.32 Å². The number of alkyl halides is 3. The molecule has 3 nitrogen and oxygen atoms in total. The molecule has 22 heavy (non-hydrogen) atoms. The summed E-state index contributed by atoms with van der Waals surface area (Å²) in [5, 5.41) is 13.7. The molecule has 0 atom stereocenters. The zero-order valence-corrected chi connectivity index (χ0v) is 14.0. The quantitative estimate of drug-likeness (QED) is 0.819. The Morgan fingerprint density at radius 3 is 2.41 bits per heavy atom. The standard InChI is InChI=1S/C15H12F3NO2.Na/c1-9-5-6-13(12(7-9)14(20)21)19-11-4-2-3-10(8-11)15(16,17)18;/h2-8,19H,1H3,(H,20,21);/q;+1/p-1. The first-order valence-electron chi connectivity index (χ1n) is 6.03. The average Bonchev–Trinajstić information content (AvgIpc) is 2.40. The van der Waals surface area contributed by atoms with E-state index in [1.165, 1.54) is 24.3 Å². The number of carboxylic acid groups (broad SMARTS) is 1. The van der Waals surface area contributed by atoms with Crippen LogP contribution in [0.5, 0.6) is 0 Å². The van der Waals surface area contributed by atoms with Crippen LogP contribution in [0.2, 0.25) is 0 Å². The van der Waals surface area contributed by atoms with Crippen LogP contribution in [0, 0.1) is 6.92 Å². The molecule has 110 valence electrons. The first-order valence-corrected chi connectivity index (χ1v) is 6.03. The number of halogens is 3. The number of anilines is 2. The fraction of sp³-hybridized carbons (Fsp3) is 0.133. The van der Waals surface area contributed by atoms with Gasteiger partial charge in [0, 0.05) is 16.9 Å². The van der Waals surface area contributed by atoms with Gasteiger partial charge in [0.2, 0.25) is 0 Å². The van der Waals surface area contributed by atoms with Crippen LogP contribution in [0.4, 0.5) is 24.5 Å². The summed E-state index contributed by atoms with van der Waals surface area (Å²) in [5.41, 5.74) is 0.127. The smallest absolute Gasteiger partial charge is 0.545 e. The van der Waals surface area contributed by atoms with Crippen molar-refractivity contribution in [3.05, 3.63) is 59.2 Å². The largest absolute Gasteiger partial charge is 1.00 e. The maximum Gasteiger partial charge on any atom is 1.00 e. The van der Waals surface area contributed by atoms with Crippen LogP contribution in [0.25, 0.3) is 0 Å². The van der Waals surface area contributed by atoms with Gasteiger partial charge in [0.15, 0.2) is 0 Å². The van der Waals surface area contributed by atoms with Crippen molar-refractivity contribution in [1.82, 2.24) is 0 Å². The molecule has 0 fully saturated rings. The van der Waals surface area contributed by atoms with Crippen molar-refractivity contribution in [1.29, 1.82) is 0 Å². The van der Waals surface area contributed by atoms with Crippen LogP contribution in [0.15, 0.2) is 42.5 Å². The fourth-order valence-electron chi connectivity index (χ4n) is 1.86. The zero-order valence-electron chi connectivity index (χ0n) is 12.0. The summed E-state index contributed by atoms with van der Waals surface area (Å²) in [6.07, 6.45) is -4.46. The Kier molecular flexibility index (Phi) is 6.05. The van der Waals surface area contributed by atoms with Gasteiger partial charge in [0.25, 0.3) is 0 Å². The van der Waals surface area contributed by atoms with Crippen molar-refractivity contribution in [3.8, 4) is 0 Å². The molecule has 0 aliphatic carbocycles. The third-order valence-corrected chi connectivity index (χ3v) is 2.86. The summed E-state index contributed by atoms with van der Waals surface area (Å²) in [4.78, 5) is 11.1. The van der Waals surface area contributed by atoms with Gasteiger partial charge >= 0.3 is 35.7 Å². The molecule has 0 heterocycles. The number of hydrogen-bond acceptors (Lipinski definition) is 3. The van der Waals surface area contributed by atoms with E-state index in [1.54, 1.807) is 13.0 Å². The minimum Gasteiger partial charge on any atom is -0.545 e. The van der Waals surface area contributed by atoms with Gasteiger partial charge in [-0.3, -0.25) is 0 Å². The van der Waals surface area contributed by atoms with Crippen LogP contribution < -0.4 is 40.0 Å². The molecule has 0 saturated heterocycles. The zero-order chi connectivity index (χ0) is 15.6.